The third-order valence-electron chi connectivity index (χ3n) is 2.10. The quantitative estimate of drug-likeness (QED) is 0.684. The summed E-state index contributed by atoms with van der Waals surface area (Å²) in [5, 5.41) is 24.1. The zero-order chi connectivity index (χ0) is 11.4. The molecule has 0 saturated carbocycles. The fourth-order valence-electron chi connectivity index (χ4n) is 1.38. The van der Waals surface area contributed by atoms with Crippen LogP contribution in [0.25, 0.3) is 5.65 Å². The molecule has 0 atom stereocenters. The Morgan fingerprint density at radius 2 is 2.38 bits per heavy atom. The second-order valence-electron chi connectivity index (χ2n) is 3.18. The van der Waals surface area contributed by atoms with Gasteiger partial charge in [-0.3, -0.25) is 0 Å². The van der Waals surface area contributed by atoms with Gasteiger partial charge >= 0.3 is 0 Å². The molecule has 0 spiro atoms. The van der Waals surface area contributed by atoms with Gasteiger partial charge < -0.3 is 10.0 Å². The topological polar surface area (TPSA) is 79.4 Å². The fourth-order valence-corrected chi connectivity index (χ4v) is 1.38. The maximum absolute atomic E-state index is 8.95. The van der Waals surface area contributed by atoms with Crippen molar-refractivity contribution in [3.05, 3.63) is 24.8 Å². The second kappa shape index (κ2) is 4.67. The standard InChI is InChI=1S/C9H12N6O/c1-2-5-14(6-7-16)9-4-3-8-10-12-13-15(8)11-9/h2-4,16H,1,5-7H2. The number of fused-ring (bicyclic) bond motifs is 1. The number of anilines is 1. The van der Waals surface area contributed by atoms with Crippen LogP contribution in [-0.4, -0.2) is 50.1 Å². The Balaban J connectivity index is 2.31. The maximum Gasteiger partial charge on any atom is 0.200 e. The Morgan fingerprint density at radius 1 is 1.50 bits per heavy atom. The minimum Gasteiger partial charge on any atom is -0.395 e. The van der Waals surface area contributed by atoms with Crippen LogP contribution in [-0.2, 0) is 0 Å². The summed E-state index contributed by atoms with van der Waals surface area (Å²) in [6.45, 7) is 4.83. The van der Waals surface area contributed by atoms with Crippen molar-refractivity contribution in [1.29, 1.82) is 0 Å². The van der Waals surface area contributed by atoms with Crippen LogP contribution in [0.3, 0.4) is 0 Å². The highest BCUT2D eigenvalue weighted by molar-refractivity contribution is 5.44. The molecule has 0 amide bonds. The SMILES string of the molecule is C=CCN(CCO)c1ccc2nnnn2n1. The Labute approximate surface area is 92.0 Å². The van der Waals surface area contributed by atoms with E-state index in [-0.39, 0.29) is 6.61 Å². The molecule has 0 saturated heterocycles. The third-order valence-corrected chi connectivity index (χ3v) is 2.10. The highest BCUT2D eigenvalue weighted by atomic mass is 16.3. The van der Waals surface area contributed by atoms with Gasteiger partial charge in [0.05, 0.1) is 6.61 Å². The molecule has 0 aromatic carbocycles. The van der Waals surface area contributed by atoms with Crippen LogP contribution >= 0.6 is 0 Å². The first-order valence-electron chi connectivity index (χ1n) is 4.87. The van der Waals surface area contributed by atoms with E-state index in [4.69, 9.17) is 5.11 Å². The molecule has 84 valence electrons. The largest absolute Gasteiger partial charge is 0.395 e. The molecule has 0 bridgehead atoms. The van der Waals surface area contributed by atoms with Gasteiger partial charge in [0.1, 0.15) is 0 Å². The number of rotatable bonds is 5. The van der Waals surface area contributed by atoms with E-state index in [0.717, 1.165) is 0 Å². The lowest BCUT2D eigenvalue weighted by molar-refractivity contribution is 0.302. The lowest BCUT2D eigenvalue weighted by atomic mass is 10.4. The lowest BCUT2D eigenvalue weighted by Crippen LogP contribution is -2.28. The van der Waals surface area contributed by atoms with E-state index in [1.165, 1.54) is 4.63 Å². The van der Waals surface area contributed by atoms with E-state index in [2.05, 4.69) is 27.2 Å². The minimum atomic E-state index is 0.0587. The van der Waals surface area contributed by atoms with Crippen molar-refractivity contribution < 1.29 is 5.11 Å². The molecular weight excluding hydrogens is 208 g/mol. The molecule has 0 aliphatic rings. The van der Waals surface area contributed by atoms with Gasteiger partial charge in [0.25, 0.3) is 0 Å². The van der Waals surface area contributed by atoms with Crippen molar-refractivity contribution >= 4 is 11.5 Å². The summed E-state index contributed by atoms with van der Waals surface area (Å²) in [5.41, 5.74) is 0.589. The van der Waals surface area contributed by atoms with E-state index in [1.807, 2.05) is 11.0 Å². The molecule has 0 aliphatic carbocycles. The number of aromatic nitrogens is 5. The van der Waals surface area contributed by atoms with Crippen LogP contribution in [0.5, 0.6) is 0 Å². The molecule has 2 aromatic rings. The molecule has 0 unspecified atom stereocenters. The van der Waals surface area contributed by atoms with E-state index < -0.39 is 0 Å². The molecule has 7 nitrogen and oxygen atoms in total. The summed E-state index contributed by atoms with van der Waals surface area (Å²) in [7, 11) is 0. The highest BCUT2D eigenvalue weighted by Gasteiger charge is 2.07. The van der Waals surface area contributed by atoms with Crippen molar-refractivity contribution in [1.82, 2.24) is 25.3 Å². The first kappa shape index (κ1) is 10.5. The summed E-state index contributed by atoms with van der Waals surface area (Å²) in [6.07, 6.45) is 1.75. The minimum absolute atomic E-state index is 0.0587. The number of hydrogen-bond acceptors (Lipinski definition) is 6. The molecule has 2 aromatic heterocycles. The molecule has 7 heteroatoms. The maximum atomic E-state index is 8.95. The van der Waals surface area contributed by atoms with E-state index in [0.29, 0.717) is 24.6 Å². The molecule has 16 heavy (non-hydrogen) atoms. The van der Waals surface area contributed by atoms with Gasteiger partial charge in [0.2, 0.25) is 0 Å². The van der Waals surface area contributed by atoms with Gasteiger partial charge in [-0.1, -0.05) is 6.08 Å². The summed E-state index contributed by atoms with van der Waals surface area (Å²) in [6, 6.07) is 3.58. The first-order chi connectivity index (χ1) is 7.85. The van der Waals surface area contributed by atoms with Gasteiger partial charge in [-0.05, 0) is 22.6 Å². The third kappa shape index (κ3) is 1.98. The van der Waals surface area contributed by atoms with Crippen LogP contribution in [0.1, 0.15) is 0 Å². The van der Waals surface area contributed by atoms with E-state index >= 15 is 0 Å². The second-order valence-corrected chi connectivity index (χ2v) is 3.18. The molecule has 0 fully saturated rings. The molecule has 0 aliphatic heterocycles. The molecule has 1 N–H and O–H groups in total. The van der Waals surface area contributed by atoms with Crippen LogP contribution in [0.15, 0.2) is 24.8 Å². The first-order valence-corrected chi connectivity index (χ1v) is 4.87. The van der Waals surface area contributed by atoms with Crippen molar-refractivity contribution in [3.63, 3.8) is 0 Å². The summed E-state index contributed by atoms with van der Waals surface area (Å²) in [5.74, 6) is 0.703. The van der Waals surface area contributed by atoms with Crippen molar-refractivity contribution in [2.75, 3.05) is 24.6 Å². The zero-order valence-corrected chi connectivity index (χ0v) is 8.69. The number of tetrazole rings is 1. The number of hydrogen-bond donors (Lipinski definition) is 1. The smallest absolute Gasteiger partial charge is 0.200 e. The Bertz CT molecular complexity index is 482. The van der Waals surface area contributed by atoms with Gasteiger partial charge in [0, 0.05) is 13.1 Å². The fraction of sp³-hybridized carbons (Fsp3) is 0.333. The summed E-state index contributed by atoms with van der Waals surface area (Å²) >= 11 is 0. The predicted molar refractivity (Wildman–Crippen MR) is 58.1 cm³/mol. The Morgan fingerprint density at radius 3 is 3.12 bits per heavy atom. The van der Waals surface area contributed by atoms with Crippen LogP contribution in [0.4, 0.5) is 5.82 Å². The lowest BCUT2D eigenvalue weighted by Gasteiger charge is -2.20. The van der Waals surface area contributed by atoms with Crippen molar-refractivity contribution in [2.24, 2.45) is 0 Å². The molecule has 2 heterocycles. The van der Waals surface area contributed by atoms with Crippen molar-refractivity contribution in [3.8, 4) is 0 Å². The molecule has 0 radical (unpaired) electrons. The van der Waals surface area contributed by atoms with Crippen LogP contribution in [0, 0.1) is 0 Å². The average Bonchev–Trinajstić information content (AvgIpc) is 2.75. The van der Waals surface area contributed by atoms with Gasteiger partial charge in [-0.25, -0.2) is 0 Å². The zero-order valence-electron chi connectivity index (χ0n) is 8.69. The Hall–Kier alpha value is -2.02. The van der Waals surface area contributed by atoms with Gasteiger partial charge in [-0.2, -0.15) is 0 Å². The van der Waals surface area contributed by atoms with Crippen molar-refractivity contribution in [2.45, 2.75) is 0 Å². The summed E-state index contributed by atoms with van der Waals surface area (Å²) < 4.78 is 1.35. The van der Waals surface area contributed by atoms with Crippen LogP contribution < -0.4 is 4.90 Å². The van der Waals surface area contributed by atoms with Gasteiger partial charge in [0.15, 0.2) is 11.5 Å². The Kier molecular flexibility index (Phi) is 3.06. The average molecular weight is 220 g/mol. The van der Waals surface area contributed by atoms with E-state index in [1.54, 1.807) is 12.1 Å². The molecule has 2 rings (SSSR count). The summed E-state index contributed by atoms with van der Waals surface area (Å²) in [4.78, 5) is 1.88. The van der Waals surface area contributed by atoms with Gasteiger partial charge in [-0.15, -0.1) is 21.4 Å². The number of aliphatic hydroxyl groups excluding tert-OH is 1. The predicted octanol–water partition coefficient (Wildman–Crippen LogP) is -0.496. The van der Waals surface area contributed by atoms with E-state index in [9.17, 15) is 0 Å². The normalized spacial score (nSPS) is 10.6. The molecular formula is C9H12N6O. The number of nitrogens with zero attached hydrogens (tertiary/aromatic N) is 6. The monoisotopic (exact) mass is 220 g/mol. The number of aliphatic hydroxyl groups is 1. The highest BCUT2D eigenvalue weighted by Crippen LogP contribution is 2.09. The van der Waals surface area contributed by atoms with Crippen LogP contribution in [0.2, 0.25) is 0 Å².